The number of alkyl carbamates (subject to hydrolysis) is 1. The monoisotopic (exact) mass is 356 g/mol. The second kappa shape index (κ2) is 9.37. The lowest BCUT2D eigenvalue weighted by Crippen LogP contribution is -2.46. The maximum absolute atomic E-state index is 12.4. The molecule has 1 aliphatic heterocycles. The summed E-state index contributed by atoms with van der Waals surface area (Å²) in [6, 6.07) is 8.13. The average molecular weight is 356 g/mol. The van der Waals surface area contributed by atoms with Crippen LogP contribution in [0.2, 0.25) is 0 Å². The molecule has 7 heteroatoms. The summed E-state index contributed by atoms with van der Waals surface area (Å²) < 4.78 is 5.08. The molecular formula is C19H20N2O5. The van der Waals surface area contributed by atoms with Gasteiger partial charge in [0.1, 0.15) is 12.6 Å². The van der Waals surface area contributed by atoms with Crippen LogP contribution in [0.5, 0.6) is 0 Å². The molecule has 1 aromatic rings. The number of terminal acetylenes is 1. The fourth-order valence-electron chi connectivity index (χ4n) is 2.61. The Morgan fingerprint density at radius 1 is 1.31 bits per heavy atom. The topological polar surface area (TPSA) is 102 Å². The molecule has 2 rings (SSSR count). The first kappa shape index (κ1) is 19.2. The number of nitrogens with one attached hydrogen (secondary N) is 2. The van der Waals surface area contributed by atoms with Crippen LogP contribution in [0.4, 0.5) is 4.79 Å². The molecule has 26 heavy (non-hydrogen) atoms. The Morgan fingerprint density at radius 2 is 2.04 bits per heavy atom. The second-order valence-corrected chi connectivity index (χ2v) is 5.94. The zero-order valence-electron chi connectivity index (χ0n) is 14.2. The minimum absolute atomic E-state index is 0.0215. The fourth-order valence-corrected chi connectivity index (χ4v) is 2.61. The summed E-state index contributed by atoms with van der Waals surface area (Å²) in [6.45, 7) is 0.403. The second-order valence-electron chi connectivity index (χ2n) is 5.94. The van der Waals surface area contributed by atoms with E-state index in [4.69, 9.17) is 11.2 Å². The van der Waals surface area contributed by atoms with E-state index in [1.54, 1.807) is 12.1 Å². The van der Waals surface area contributed by atoms with Gasteiger partial charge in [0, 0.05) is 25.3 Å². The van der Waals surface area contributed by atoms with Gasteiger partial charge in [-0.2, -0.15) is 0 Å². The quantitative estimate of drug-likeness (QED) is 0.560. The number of Topliss-reactive ketones (excluding diaryl/α,β-unsaturated/α-hetero) is 2. The van der Waals surface area contributed by atoms with Crippen LogP contribution in [0.15, 0.2) is 30.3 Å². The average Bonchev–Trinajstić information content (AvgIpc) is 2.64. The van der Waals surface area contributed by atoms with Crippen molar-refractivity contribution in [2.24, 2.45) is 5.92 Å². The van der Waals surface area contributed by atoms with Crippen LogP contribution in [-0.4, -0.2) is 36.2 Å². The fraction of sp³-hybridized carbons (Fsp3) is 0.368. The molecule has 2 N–H and O–H groups in total. The number of hydrogen-bond acceptors (Lipinski definition) is 5. The van der Waals surface area contributed by atoms with Gasteiger partial charge in [0.2, 0.25) is 5.78 Å². The molecule has 0 bridgehead atoms. The van der Waals surface area contributed by atoms with Crippen molar-refractivity contribution in [2.75, 3.05) is 6.54 Å². The number of ether oxygens (including phenoxy) is 1. The van der Waals surface area contributed by atoms with Crippen molar-refractivity contribution < 1.29 is 23.9 Å². The van der Waals surface area contributed by atoms with Gasteiger partial charge in [0.25, 0.3) is 5.91 Å². The Morgan fingerprint density at radius 3 is 2.73 bits per heavy atom. The van der Waals surface area contributed by atoms with E-state index in [2.05, 4.69) is 16.6 Å². The largest absolute Gasteiger partial charge is 0.445 e. The number of carbonyl (C=O) groups is 4. The first-order chi connectivity index (χ1) is 12.5. The van der Waals surface area contributed by atoms with Crippen molar-refractivity contribution in [1.82, 2.24) is 10.6 Å². The van der Waals surface area contributed by atoms with Gasteiger partial charge in [-0.15, -0.1) is 12.3 Å². The Hall–Kier alpha value is -3.14. The van der Waals surface area contributed by atoms with E-state index in [9.17, 15) is 19.2 Å². The molecule has 0 aromatic heterocycles. The van der Waals surface area contributed by atoms with Crippen molar-refractivity contribution in [3.63, 3.8) is 0 Å². The molecule has 7 nitrogen and oxygen atoms in total. The summed E-state index contributed by atoms with van der Waals surface area (Å²) in [7, 11) is 0. The summed E-state index contributed by atoms with van der Waals surface area (Å²) in [4.78, 5) is 47.5. The predicted molar refractivity (Wildman–Crippen MR) is 92.7 cm³/mol. The van der Waals surface area contributed by atoms with Gasteiger partial charge in [-0.25, -0.2) is 4.79 Å². The predicted octanol–water partition coefficient (Wildman–Crippen LogP) is 0.969. The minimum Gasteiger partial charge on any atom is -0.445 e. The highest BCUT2D eigenvalue weighted by Crippen LogP contribution is 2.16. The highest BCUT2D eigenvalue weighted by molar-refractivity contribution is 6.37. The lowest BCUT2D eigenvalue weighted by Gasteiger charge is -2.22. The number of amides is 2. The summed E-state index contributed by atoms with van der Waals surface area (Å²) in [6.07, 6.45) is 4.72. The molecule has 0 radical (unpaired) electrons. The van der Waals surface area contributed by atoms with Crippen molar-refractivity contribution in [3.8, 4) is 12.3 Å². The Labute approximate surface area is 151 Å². The maximum atomic E-state index is 12.4. The third kappa shape index (κ3) is 5.45. The maximum Gasteiger partial charge on any atom is 0.408 e. The zero-order chi connectivity index (χ0) is 18.9. The van der Waals surface area contributed by atoms with Crippen LogP contribution in [0.1, 0.15) is 24.8 Å². The van der Waals surface area contributed by atoms with Crippen LogP contribution in [0.25, 0.3) is 0 Å². The molecule has 136 valence electrons. The number of rotatable bonds is 7. The first-order valence-corrected chi connectivity index (χ1v) is 8.26. The van der Waals surface area contributed by atoms with Crippen molar-refractivity contribution in [3.05, 3.63) is 35.9 Å². The third-order valence-corrected chi connectivity index (χ3v) is 4.04. The van der Waals surface area contributed by atoms with E-state index < -0.39 is 35.5 Å². The molecule has 0 aliphatic carbocycles. The molecule has 1 fully saturated rings. The molecule has 1 aliphatic rings. The molecule has 2 unspecified atom stereocenters. The van der Waals surface area contributed by atoms with Gasteiger partial charge < -0.3 is 15.4 Å². The van der Waals surface area contributed by atoms with Crippen molar-refractivity contribution in [2.45, 2.75) is 31.9 Å². The SMILES string of the molecule is C#CCC(NC(=O)OCc1ccccc1)C(=O)CC1CCNC(=O)C1=O. The van der Waals surface area contributed by atoms with Crippen LogP contribution in [0.3, 0.4) is 0 Å². The summed E-state index contributed by atoms with van der Waals surface area (Å²) in [5.74, 6) is -0.0454. The molecule has 1 aromatic carbocycles. The molecule has 0 saturated carbocycles. The molecule has 0 spiro atoms. The van der Waals surface area contributed by atoms with Crippen LogP contribution < -0.4 is 10.6 Å². The normalized spacial score (nSPS) is 17.6. The lowest BCUT2D eigenvalue weighted by molar-refractivity contribution is -0.143. The van der Waals surface area contributed by atoms with Gasteiger partial charge in [0.05, 0.1) is 0 Å². The highest BCUT2D eigenvalue weighted by atomic mass is 16.5. The van der Waals surface area contributed by atoms with Crippen LogP contribution >= 0.6 is 0 Å². The molecular weight excluding hydrogens is 336 g/mol. The molecule has 1 saturated heterocycles. The van der Waals surface area contributed by atoms with E-state index in [1.807, 2.05) is 18.2 Å². The Balaban J connectivity index is 1.89. The standard InChI is InChI=1S/C19H20N2O5/c1-2-6-15(16(22)11-14-9-10-20-18(24)17(14)23)21-19(25)26-12-13-7-4-3-5-8-13/h1,3-5,7-8,14-15H,6,9-12H2,(H,20,24)(H,21,25). The van der Waals surface area contributed by atoms with Gasteiger partial charge in [0.15, 0.2) is 5.78 Å². The number of benzene rings is 1. The Kier molecular flexibility index (Phi) is 6.92. The van der Waals surface area contributed by atoms with Crippen LogP contribution in [0, 0.1) is 18.3 Å². The summed E-state index contributed by atoms with van der Waals surface area (Å²) >= 11 is 0. The van der Waals surface area contributed by atoms with E-state index in [-0.39, 0.29) is 19.4 Å². The number of hydrogen-bond donors (Lipinski definition) is 2. The van der Waals surface area contributed by atoms with E-state index in [0.717, 1.165) is 5.56 Å². The first-order valence-electron chi connectivity index (χ1n) is 8.26. The van der Waals surface area contributed by atoms with Gasteiger partial charge in [-0.1, -0.05) is 30.3 Å². The van der Waals surface area contributed by atoms with E-state index in [1.165, 1.54) is 0 Å². The van der Waals surface area contributed by atoms with Gasteiger partial charge in [-0.05, 0) is 12.0 Å². The van der Waals surface area contributed by atoms with Crippen LogP contribution in [-0.2, 0) is 25.7 Å². The van der Waals surface area contributed by atoms with E-state index >= 15 is 0 Å². The Bertz CT molecular complexity index is 723. The van der Waals surface area contributed by atoms with E-state index in [0.29, 0.717) is 13.0 Å². The lowest BCUT2D eigenvalue weighted by atomic mass is 9.88. The summed E-state index contributed by atoms with van der Waals surface area (Å²) in [5, 5.41) is 4.87. The molecule has 2 amide bonds. The summed E-state index contributed by atoms with van der Waals surface area (Å²) in [5.41, 5.74) is 0.807. The highest BCUT2D eigenvalue weighted by Gasteiger charge is 2.33. The van der Waals surface area contributed by atoms with Crippen molar-refractivity contribution in [1.29, 1.82) is 0 Å². The number of piperidine rings is 1. The smallest absolute Gasteiger partial charge is 0.408 e. The van der Waals surface area contributed by atoms with Gasteiger partial charge >= 0.3 is 6.09 Å². The number of carbonyl (C=O) groups excluding carboxylic acids is 4. The third-order valence-electron chi connectivity index (χ3n) is 4.04. The molecule has 2 atom stereocenters. The van der Waals surface area contributed by atoms with Gasteiger partial charge in [-0.3, -0.25) is 14.4 Å². The van der Waals surface area contributed by atoms with Crippen molar-refractivity contribution >= 4 is 23.6 Å². The zero-order valence-corrected chi connectivity index (χ0v) is 14.2. The molecule has 1 heterocycles. The number of ketones is 2. The minimum atomic E-state index is -0.957.